The number of hydrogen-bond donors (Lipinski definition) is 0. The first-order valence-electron chi connectivity index (χ1n) is 13.4. The lowest BCUT2D eigenvalue weighted by Gasteiger charge is -2.41. The fourth-order valence-electron chi connectivity index (χ4n) is 6.38. The largest absolute Gasteiger partial charge is 0.207 e. The molecule has 5 aromatic rings. The standard InChI is InChI=1S/C36H35F/c1-35(2,3)28-14-10-23(11-15-28)26-18-27(20-29(37)19-26)34-21-25-13-17-31-30-9-7-6-8-24(30)12-16-32(31)33(25)22-36(34,4)5/h6-20,34H,21-22H2,1-5H3. The Morgan fingerprint density at radius 3 is 2.22 bits per heavy atom. The maximum Gasteiger partial charge on any atom is 0.124 e. The molecule has 6 rings (SSSR count). The Balaban J connectivity index is 1.41. The van der Waals surface area contributed by atoms with Crippen LogP contribution in [-0.4, -0.2) is 0 Å². The van der Waals surface area contributed by atoms with Crippen molar-refractivity contribution in [3.8, 4) is 11.1 Å². The number of benzene rings is 5. The van der Waals surface area contributed by atoms with Gasteiger partial charge in [-0.25, -0.2) is 4.39 Å². The normalized spacial score (nSPS) is 17.2. The molecule has 0 nitrogen and oxygen atoms in total. The Morgan fingerprint density at radius 1 is 0.730 bits per heavy atom. The number of rotatable bonds is 2. The van der Waals surface area contributed by atoms with Crippen LogP contribution in [0.15, 0.2) is 91.0 Å². The average Bonchev–Trinajstić information content (AvgIpc) is 2.86. The molecule has 1 aliphatic carbocycles. The molecular formula is C36H35F. The van der Waals surface area contributed by atoms with E-state index >= 15 is 4.39 Å². The Kier molecular flexibility index (Phi) is 5.53. The topological polar surface area (TPSA) is 0 Å². The lowest BCUT2D eigenvalue weighted by Crippen LogP contribution is -2.31. The van der Waals surface area contributed by atoms with Crippen LogP contribution in [0.3, 0.4) is 0 Å². The van der Waals surface area contributed by atoms with Crippen molar-refractivity contribution in [3.05, 3.63) is 119 Å². The van der Waals surface area contributed by atoms with Crippen molar-refractivity contribution in [1.29, 1.82) is 0 Å². The van der Waals surface area contributed by atoms with E-state index in [0.29, 0.717) is 0 Å². The van der Waals surface area contributed by atoms with Gasteiger partial charge in [0.15, 0.2) is 0 Å². The van der Waals surface area contributed by atoms with Crippen molar-refractivity contribution >= 4 is 21.5 Å². The maximum atomic E-state index is 15.0. The monoisotopic (exact) mass is 486 g/mol. The molecule has 0 N–H and O–H groups in total. The minimum Gasteiger partial charge on any atom is -0.207 e. The van der Waals surface area contributed by atoms with Gasteiger partial charge in [-0.05, 0) is 96.6 Å². The Bertz CT molecular complexity index is 1630. The van der Waals surface area contributed by atoms with Crippen LogP contribution in [0.5, 0.6) is 0 Å². The Morgan fingerprint density at radius 2 is 1.46 bits per heavy atom. The molecule has 1 heteroatoms. The lowest BCUT2D eigenvalue weighted by molar-refractivity contribution is 0.264. The van der Waals surface area contributed by atoms with Gasteiger partial charge in [0.25, 0.3) is 0 Å². The molecule has 0 saturated heterocycles. The molecule has 37 heavy (non-hydrogen) atoms. The van der Waals surface area contributed by atoms with Gasteiger partial charge in [0.1, 0.15) is 5.82 Å². The fourth-order valence-corrected chi connectivity index (χ4v) is 6.38. The summed E-state index contributed by atoms with van der Waals surface area (Å²) in [5.41, 5.74) is 7.38. The van der Waals surface area contributed by atoms with Crippen molar-refractivity contribution in [3.63, 3.8) is 0 Å². The SMILES string of the molecule is CC(C)(C)c1ccc(-c2cc(F)cc(C3Cc4ccc5c(ccc6ccccc65)c4CC3(C)C)c2)cc1. The summed E-state index contributed by atoms with van der Waals surface area (Å²) in [7, 11) is 0. The van der Waals surface area contributed by atoms with Gasteiger partial charge in [-0.1, -0.05) is 113 Å². The van der Waals surface area contributed by atoms with Crippen LogP contribution in [0.25, 0.3) is 32.7 Å². The van der Waals surface area contributed by atoms with Crippen LogP contribution in [0.2, 0.25) is 0 Å². The second-order valence-electron chi connectivity index (χ2n) is 12.6. The molecule has 5 aromatic carbocycles. The molecule has 1 aliphatic rings. The second kappa shape index (κ2) is 8.55. The minimum atomic E-state index is -0.154. The van der Waals surface area contributed by atoms with E-state index in [9.17, 15) is 0 Å². The molecule has 0 bridgehead atoms. The Labute approximate surface area is 220 Å². The number of hydrogen-bond acceptors (Lipinski definition) is 0. The Hall–Kier alpha value is -3.45. The van der Waals surface area contributed by atoms with E-state index in [0.717, 1.165) is 29.5 Å². The van der Waals surface area contributed by atoms with Gasteiger partial charge >= 0.3 is 0 Å². The molecule has 0 spiro atoms. The summed E-state index contributed by atoms with van der Waals surface area (Å²) >= 11 is 0. The third kappa shape index (κ3) is 4.25. The molecule has 0 aromatic heterocycles. The van der Waals surface area contributed by atoms with Crippen molar-refractivity contribution in [2.24, 2.45) is 5.41 Å². The molecular weight excluding hydrogens is 451 g/mol. The van der Waals surface area contributed by atoms with Crippen LogP contribution in [0.1, 0.15) is 62.8 Å². The van der Waals surface area contributed by atoms with E-state index in [1.54, 1.807) is 12.1 Å². The quantitative estimate of drug-likeness (QED) is 0.218. The molecule has 0 amide bonds. The minimum absolute atomic E-state index is 0.00802. The molecule has 0 heterocycles. The molecule has 1 unspecified atom stereocenters. The van der Waals surface area contributed by atoms with E-state index in [4.69, 9.17) is 0 Å². The first kappa shape index (κ1) is 23.9. The summed E-state index contributed by atoms with van der Waals surface area (Å²) in [6.45, 7) is 11.4. The predicted molar refractivity (Wildman–Crippen MR) is 156 cm³/mol. The van der Waals surface area contributed by atoms with Crippen molar-refractivity contribution in [2.45, 2.75) is 58.8 Å². The zero-order valence-corrected chi connectivity index (χ0v) is 22.5. The summed E-state index contributed by atoms with van der Waals surface area (Å²) in [4.78, 5) is 0. The van der Waals surface area contributed by atoms with Crippen LogP contribution >= 0.6 is 0 Å². The van der Waals surface area contributed by atoms with Crippen molar-refractivity contribution < 1.29 is 4.39 Å². The number of halogens is 1. The molecule has 0 fully saturated rings. The van der Waals surface area contributed by atoms with Gasteiger partial charge in [-0.2, -0.15) is 0 Å². The summed E-state index contributed by atoms with van der Waals surface area (Å²) in [6.07, 6.45) is 1.91. The van der Waals surface area contributed by atoms with E-state index in [1.807, 2.05) is 0 Å². The lowest BCUT2D eigenvalue weighted by atomic mass is 9.63. The second-order valence-corrected chi connectivity index (χ2v) is 12.6. The molecule has 0 saturated carbocycles. The highest BCUT2D eigenvalue weighted by Gasteiger charge is 2.37. The fraction of sp³-hybridized carbons (Fsp3) is 0.278. The summed E-state index contributed by atoms with van der Waals surface area (Å²) in [5.74, 6) is 0.0974. The molecule has 0 radical (unpaired) electrons. The highest BCUT2D eigenvalue weighted by Crippen LogP contribution is 2.48. The van der Waals surface area contributed by atoms with Crippen molar-refractivity contribution in [1.82, 2.24) is 0 Å². The van der Waals surface area contributed by atoms with Gasteiger partial charge in [0, 0.05) is 0 Å². The van der Waals surface area contributed by atoms with E-state index in [1.165, 1.54) is 38.2 Å². The predicted octanol–water partition coefficient (Wildman–Crippen LogP) is 10.0. The van der Waals surface area contributed by atoms with Gasteiger partial charge in [0.05, 0.1) is 0 Å². The number of fused-ring (bicyclic) bond motifs is 5. The third-order valence-corrected chi connectivity index (χ3v) is 8.54. The van der Waals surface area contributed by atoms with Crippen molar-refractivity contribution in [2.75, 3.05) is 0 Å². The van der Waals surface area contributed by atoms with Crippen LogP contribution in [-0.2, 0) is 18.3 Å². The average molecular weight is 487 g/mol. The van der Waals surface area contributed by atoms with Gasteiger partial charge < -0.3 is 0 Å². The van der Waals surface area contributed by atoms with E-state index in [-0.39, 0.29) is 22.6 Å². The van der Waals surface area contributed by atoms with E-state index < -0.39 is 0 Å². The molecule has 186 valence electrons. The van der Waals surface area contributed by atoms with Crippen LogP contribution in [0, 0.1) is 11.2 Å². The summed E-state index contributed by atoms with van der Waals surface area (Å²) in [5, 5.41) is 5.29. The van der Waals surface area contributed by atoms with E-state index in [2.05, 4.69) is 113 Å². The first-order valence-corrected chi connectivity index (χ1v) is 13.4. The molecule has 1 atom stereocenters. The third-order valence-electron chi connectivity index (χ3n) is 8.54. The van der Waals surface area contributed by atoms with Crippen LogP contribution in [0.4, 0.5) is 4.39 Å². The zero-order chi connectivity index (χ0) is 25.9. The van der Waals surface area contributed by atoms with Gasteiger partial charge in [0.2, 0.25) is 0 Å². The van der Waals surface area contributed by atoms with Crippen LogP contribution < -0.4 is 0 Å². The summed E-state index contributed by atoms with van der Waals surface area (Å²) in [6, 6.07) is 32.1. The summed E-state index contributed by atoms with van der Waals surface area (Å²) < 4.78 is 15.0. The first-order chi connectivity index (χ1) is 17.6. The highest BCUT2D eigenvalue weighted by atomic mass is 19.1. The smallest absolute Gasteiger partial charge is 0.124 e. The zero-order valence-electron chi connectivity index (χ0n) is 22.5. The maximum absolute atomic E-state index is 15.0. The highest BCUT2D eigenvalue weighted by molar-refractivity contribution is 6.08. The van der Waals surface area contributed by atoms with Gasteiger partial charge in [-0.15, -0.1) is 0 Å². The van der Waals surface area contributed by atoms with Gasteiger partial charge in [-0.3, -0.25) is 0 Å². The molecule has 0 aliphatic heterocycles.